The predicted molar refractivity (Wildman–Crippen MR) is 99.0 cm³/mol. The first-order valence-electron chi connectivity index (χ1n) is 8.23. The van der Waals surface area contributed by atoms with Gasteiger partial charge in [0, 0.05) is 35.8 Å². The van der Waals surface area contributed by atoms with Crippen LogP contribution in [0.4, 0.5) is 18.0 Å². The van der Waals surface area contributed by atoms with Gasteiger partial charge in [0.1, 0.15) is 17.1 Å². The molecule has 0 saturated carbocycles. The van der Waals surface area contributed by atoms with Crippen molar-refractivity contribution in [1.82, 2.24) is 10.3 Å². The molecule has 6 nitrogen and oxygen atoms in total. The highest BCUT2D eigenvalue weighted by Crippen LogP contribution is 2.28. The standard InChI is InChI=1S/C19H11F3N2O4S/c20-19(21,22)28-13-3-1-10(2-4-13)5-12-7-15-11(9-23-12)6-14(27-15)8-16-17(25)24-18(26)29-16/h1-4,6-9H,5H2,(H,24,25,26). The molecule has 1 N–H and O–H groups in total. The molecule has 1 fully saturated rings. The SMILES string of the molecule is O=C1NC(=O)C(=Cc2cc3cnc(Cc4ccc(OC(F)(F)F)cc4)cc3o2)S1. The van der Waals surface area contributed by atoms with Crippen LogP contribution in [-0.4, -0.2) is 22.5 Å². The zero-order valence-electron chi connectivity index (χ0n) is 14.4. The molecule has 1 aromatic carbocycles. The lowest BCUT2D eigenvalue weighted by molar-refractivity contribution is -0.274. The van der Waals surface area contributed by atoms with Gasteiger partial charge in [-0.25, -0.2) is 0 Å². The zero-order chi connectivity index (χ0) is 20.6. The fourth-order valence-electron chi connectivity index (χ4n) is 2.73. The molecule has 148 valence electrons. The van der Waals surface area contributed by atoms with Crippen molar-refractivity contribution < 1.29 is 31.9 Å². The topological polar surface area (TPSA) is 81.4 Å². The number of alkyl halides is 3. The summed E-state index contributed by atoms with van der Waals surface area (Å²) in [4.78, 5) is 27.4. The normalized spacial score (nSPS) is 15.9. The van der Waals surface area contributed by atoms with Crippen molar-refractivity contribution in [1.29, 1.82) is 0 Å². The highest BCUT2D eigenvalue weighted by molar-refractivity contribution is 8.18. The molecule has 1 aliphatic heterocycles. The van der Waals surface area contributed by atoms with Crippen molar-refractivity contribution in [2.75, 3.05) is 0 Å². The Bertz CT molecular complexity index is 1140. The maximum Gasteiger partial charge on any atom is 0.573 e. The number of benzene rings is 1. The molecule has 29 heavy (non-hydrogen) atoms. The van der Waals surface area contributed by atoms with E-state index in [1.165, 1.54) is 30.3 Å². The summed E-state index contributed by atoms with van der Waals surface area (Å²) < 4.78 is 46.2. The Hall–Kier alpha value is -3.27. The molecule has 3 heterocycles. The van der Waals surface area contributed by atoms with Gasteiger partial charge in [-0.1, -0.05) is 12.1 Å². The number of ether oxygens (including phenoxy) is 1. The van der Waals surface area contributed by atoms with Gasteiger partial charge < -0.3 is 9.15 Å². The fraction of sp³-hybridized carbons (Fsp3) is 0.105. The molecule has 4 rings (SSSR count). The van der Waals surface area contributed by atoms with Crippen molar-refractivity contribution in [3.63, 3.8) is 0 Å². The number of carbonyl (C=O) groups is 2. The summed E-state index contributed by atoms with van der Waals surface area (Å²) in [6.45, 7) is 0. The van der Waals surface area contributed by atoms with Gasteiger partial charge >= 0.3 is 6.36 Å². The summed E-state index contributed by atoms with van der Waals surface area (Å²) in [6.07, 6.45) is -1.27. The number of amides is 2. The molecule has 2 aromatic heterocycles. The fourth-order valence-corrected chi connectivity index (χ4v) is 3.39. The van der Waals surface area contributed by atoms with Crippen LogP contribution in [0.3, 0.4) is 0 Å². The molecule has 0 bridgehead atoms. The summed E-state index contributed by atoms with van der Waals surface area (Å²) in [5.41, 5.74) is 1.94. The smallest absolute Gasteiger partial charge is 0.457 e. The van der Waals surface area contributed by atoms with E-state index in [0.717, 1.165) is 17.3 Å². The highest BCUT2D eigenvalue weighted by Gasteiger charge is 2.31. The molecule has 0 unspecified atom stereocenters. The summed E-state index contributed by atoms with van der Waals surface area (Å²) in [6, 6.07) is 8.94. The van der Waals surface area contributed by atoms with Crippen molar-refractivity contribution in [3.05, 3.63) is 64.5 Å². The summed E-state index contributed by atoms with van der Waals surface area (Å²) in [7, 11) is 0. The van der Waals surface area contributed by atoms with Crippen molar-refractivity contribution in [3.8, 4) is 5.75 Å². The van der Waals surface area contributed by atoms with Gasteiger partial charge in [0.05, 0.1) is 4.91 Å². The molecular weight excluding hydrogens is 409 g/mol. The Morgan fingerprint density at radius 3 is 2.59 bits per heavy atom. The number of pyridine rings is 1. The number of hydrogen-bond acceptors (Lipinski definition) is 6. The quantitative estimate of drug-likeness (QED) is 0.620. The second kappa shape index (κ2) is 7.28. The van der Waals surface area contributed by atoms with E-state index in [1.54, 1.807) is 18.3 Å². The Kier molecular flexibility index (Phi) is 4.79. The Morgan fingerprint density at radius 2 is 1.93 bits per heavy atom. The molecule has 10 heteroatoms. The summed E-state index contributed by atoms with van der Waals surface area (Å²) >= 11 is 0.793. The van der Waals surface area contributed by atoms with Crippen LogP contribution in [0.2, 0.25) is 0 Å². The lowest BCUT2D eigenvalue weighted by atomic mass is 10.1. The summed E-state index contributed by atoms with van der Waals surface area (Å²) in [5, 5.41) is 2.44. The minimum atomic E-state index is -4.73. The Balaban J connectivity index is 1.51. The first-order chi connectivity index (χ1) is 13.7. The first-order valence-corrected chi connectivity index (χ1v) is 9.05. The second-order valence-electron chi connectivity index (χ2n) is 6.08. The van der Waals surface area contributed by atoms with E-state index in [2.05, 4.69) is 15.0 Å². The monoisotopic (exact) mass is 420 g/mol. The maximum absolute atomic E-state index is 12.2. The molecule has 1 saturated heterocycles. The number of hydrogen-bond donors (Lipinski definition) is 1. The Morgan fingerprint density at radius 1 is 1.17 bits per heavy atom. The van der Waals surface area contributed by atoms with E-state index in [9.17, 15) is 22.8 Å². The van der Waals surface area contributed by atoms with E-state index < -0.39 is 17.5 Å². The number of fused-ring (bicyclic) bond motifs is 1. The van der Waals surface area contributed by atoms with Gasteiger partial charge in [-0.15, -0.1) is 13.2 Å². The van der Waals surface area contributed by atoms with E-state index in [-0.39, 0.29) is 10.7 Å². The van der Waals surface area contributed by atoms with Crippen LogP contribution in [0.15, 0.2) is 51.9 Å². The maximum atomic E-state index is 12.2. The lowest BCUT2D eigenvalue weighted by Gasteiger charge is -2.09. The van der Waals surface area contributed by atoms with Crippen LogP contribution in [0.1, 0.15) is 17.0 Å². The summed E-state index contributed by atoms with van der Waals surface area (Å²) in [5.74, 6) is -0.363. The highest BCUT2D eigenvalue weighted by atomic mass is 32.2. The van der Waals surface area contributed by atoms with E-state index in [4.69, 9.17) is 4.42 Å². The van der Waals surface area contributed by atoms with E-state index in [1.807, 2.05) is 0 Å². The third kappa shape index (κ3) is 4.60. The molecule has 3 aromatic rings. The van der Waals surface area contributed by atoms with Crippen LogP contribution in [0.5, 0.6) is 5.75 Å². The zero-order valence-corrected chi connectivity index (χ0v) is 15.3. The van der Waals surface area contributed by atoms with Crippen molar-refractivity contribution in [2.24, 2.45) is 0 Å². The molecular formula is C19H11F3N2O4S. The molecule has 0 radical (unpaired) electrons. The van der Waals surface area contributed by atoms with Crippen LogP contribution in [0.25, 0.3) is 17.0 Å². The van der Waals surface area contributed by atoms with Gasteiger partial charge in [-0.2, -0.15) is 0 Å². The van der Waals surface area contributed by atoms with Crippen LogP contribution in [0, 0.1) is 0 Å². The number of carbonyl (C=O) groups excluding carboxylic acids is 2. The third-order valence-electron chi connectivity index (χ3n) is 3.93. The number of furan rings is 1. The number of nitrogens with one attached hydrogen (secondary N) is 1. The predicted octanol–water partition coefficient (Wildman–Crippen LogP) is 4.64. The number of halogens is 3. The molecule has 0 atom stereocenters. The largest absolute Gasteiger partial charge is 0.573 e. The number of aromatic nitrogens is 1. The van der Waals surface area contributed by atoms with E-state index >= 15 is 0 Å². The Labute approximate surface area is 165 Å². The average Bonchev–Trinajstić information content (AvgIpc) is 3.17. The minimum absolute atomic E-state index is 0.239. The van der Waals surface area contributed by atoms with Crippen LogP contribution in [-0.2, 0) is 11.2 Å². The number of rotatable bonds is 4. The minimum Gasteiger partial charge on any atom is -0.457 e. The number of imide groups is 1. The van der Waals surface area contributed by atoms with Gasteiger partial charge in [0.2, 0.25) is 0 Å². The number of nitrogens with zero attached hydrogens (tertiary/aromatic N) is 1. The molecule has 0 aliphatic carbocycles. The van der Waals surface area contributed by atoms with Crippen molar-refractivity contribution in [2.45, 2.75) is 12.8 Å². The molecule has 2 amide bonds. The first kappa shape index (κ1) is 19.1. The lowest BCUT2D eigenvalue weighted by Crippen LogP contribution is -2.17. The van der Waals surface area contributed by atoms with Crippen LogP contribution >= 0.6 is 11.8 Å². The average molecular weight is 420 g/mol. The van der Waals surface area contributed by atoms with Gasteiger partial charge in [-0.3, -0.25) is 19.9 Å². The van der Waals surface area contributed by atoms with Crippen LogP contribution < -0.4 is 10.1 Å². The van der Waals surface area contributed by atoms with Gasteiger partial charge in [-0.05, 0) is 35.5 Å². The van der Waals surface area contributed by atoms with Gasteiger partial charge in [0.15, 0.2) is 0 Å². The third-order valence-corrected chi connectivity index (χ3v) is 4.75. The number of thioether (sulfide) groups is 1. The molecule has 0 spiro atoms. The van der Waals surface area contributed by atoms with Gasteiger partial charge in [0.25, 0.3) is 11.1 Å². The second-order valence-corrected chi connectivity index (χ2v) is 7.10. The molecule has 1 aliphatic rings. The van der Waals surface area contributed by atoms with E-state index in [0.29, 0.717) is 28.8 Å². The van der Waals surface area contributed by atoms with Crippen molar-refractivity contribution >= 4 is 40.0 Å².